The summed E-state index contributed by atoms with van der Waals surface area (Å²) in [6.07, 6.45) is 0. The fourth-order valence-corrected chi connectivity index (χ4v) is 4.20. The molecule has 1 fully saturated rings. The molecule has 1 aliphatic rings. The highest BCUT2D eigenvalue weighted by atomic mass is 35.5. The molecule has 0 aromatic heterocycles. The number of hydrogen-bond acceptors (Lipinski definition) is 5. The number of aliphatic hydroxyl groups excluding tert-OH is 1. The number of benzene rings is 2. The van der Waals surface area contributed by atoms with Crippen molar-refractivity contribution in [2.24, 2.45) is 0 Å². The van der Waals surface area contributed by atoms with Gasteiger partial charge in [-0.15, -0.1) is 0 Å². The summed E-state index contributed by atoms with van der Waals surface area (Å²) in [6.45, 7) is 0.818. The fraction of sp³-hybridized carbons (Fsp3) is 0.273. The Bertz CT molecular complexity index is 1050. The Labute approximate surface area is 195 Å². The minimum absolute atomic E-state index is 0.0669. The van der Waals surface area contributed by atoms with Gasteiger partial charge in [-0.3, -0.25) is 9.59 Å². The van der Waals surface area contributed by atoms with Gasteiger partial charge in [0.05, 0.1) is 29.3 Å². The molecular weight excluding hydrogens is 463 g/mol. The first-order valence-corrected chi connectivity index (χ1v) is 10.5. The molecule has 1 atom stereocenters. The second-order valence-electron chi connectivity index (χ2n) is 7.32. The molecule has 0 spiro atoms. The molecule has 1 saturated heterocycles. The summed E-state index contributed by atoms with van der Waals surface area (Å²) in [6, 6.07) is 8.87. The van der Waals surface area contributed by atoms with Crippen molar-refractivity contribution < 1.29 is 19.4 Å². The summed E-state index contributed by atoms with van der Waals surface area (Å²) in [4.78, 5) is 29.3. The Kier molecular flexibility index (Phi) is 7.17. The summed E-state index contributed by atoms with van der Waals surface area (Å²) in [5.74, 6) is -1.75. The summed E-state index contributed by atoms with van der Waals surface area (Å²) in [5, 5.41) is 12.1. The van der Waals surface area contributed by atoms with Crippen LogP contribution in [0.4, 0.5) is 0 Å². The lowest BCUT2D eigenvalue weighted by atomic mass is 9.95. The minimum atomic E-state index is -0.806. The predicted molar refractivity (Wildman–Crippen MR) is 122 cm³/mol. The second kappa shape index (κ2) is 9.49. The van der Waals surface area contributed by atoms with Gasteiger partial charge in [-0.25, -0.2) is 0 Å². The van der Waals surface area contributed by atoms with Crippen molar-refractivity contribution in [1.82, 2.24) is 9.80 Å². The van der Waals surface area contributed by atoms with E-state index in [0.29, 0.717) is 17.1 Å². The topological polar surface area (TPSA) is 70.1 Å². The number of carbonyl (C=O) groups excluding carboxylic acids is 2. The van der Waals surface area contributed by atoms with Crippen molar-refractivity contribution in [3.05, 3.63) is 68.2 Å². The van der Waals surface area contributed by atoms with Crippen molar-refractivity contribution in [2.45, 2.75) is 6.04 Å². The standard InChI is InChI=1S/C22H21Cl3N2O4/c1-26(2)8-9-27-18(12-4-6-13(23)7-5-12)17(20(29)22(27)30)19(28)15-10-14(24)11-16(25)21(15)31-3/h4-7,10-11,18,28H,8-9H2,1-3H3/b19-17+. The number of hydrogen-bond donors (Lipinski definition) is 1. The number of likely N-dealkylation sites (tertiary alicyclic amines) is 1. The largest absolute Gasteiger partial charge is 0.507 e. The maximum Gasteiger partial charge on any atom is 0.295 e. The molecule has 0 radical (unpaired) electrons. The quantitative estimate of drug-likeness (QED) is 0.368. The molecule has 1 amide bonds. The lowest BCUT2D eigenvalue weighted by molar-refractivity contribution is -0.140. The van der Waals surface area contributed by atoms with E-state index in [0.717, 1.165) is 0 Å². The van der Waals surface area contributed by atoms with Gasteiger partial charge in [0.2, 0.25) is 0 Å². The van der Waals surface area contributed by atoms with E-state index in [9.17, 15) is 14.7 Å². The van der Waals surface area contributed by atoms with Crippen LogP contribution in [-0.4, -0.2) is 60.9 Å². The molecule has 0 bridgehead atoms. The number of Topliss-reactive ketones (excluding diaryl/α,β-unsaturated/α-hetero) is 1. The lowest BCUT2D eigenvalue weighted by Crippen LogP contribution is -2.35. The van der Waals surface area contributed by atoms with Crippen LogP contribution in [0.2, 0.25) is 15.1 Å². The van der Waals surface area contributed by atoms with Gasteiger partial charge < -0.3 is 19.6 Å². The Hall–Kier alpha value is -2.25. The van der Waals surface area contributed by atoms with Crippen molar-refractivity contribution in [3.63, 3.8) is 0 Å². The smallest absolute Gasteiger partial charge is 0.295 e. The molecule has 0 saturated carbocycles. The Morgan fingerprint density at radius 3 is 2.32 bits per heavy atom. The third kappa shape index (κ3) is 4.67. The van der Waals surface area contributed by atoms with Crippen LogP contribution in [0, 0.1) is 0 Å². The van der Waals surface area contributed by atoms with E-state index in [4.69, 9.17) is 39.5 Å². The maximum absolute atomic E-state index is 13.0. The number of nitrogens with zero attached hydrogens (tertiary/aromatic N) is 2. The summed E-state index contributed by atoms with van der Waals surface area (Å²) in [7, 11) is 5.12. The molecule has 1 unspecified atom stereocenters. The molecule has 2 aromatic carbocycles. The number of amides is 1. The number of ketones is 1. The highest BCUT2D eigenvalue weighted by molar-refractivity contribution is 6.46. The number of ether oxygens (including phenoxy) is 1. The maximum atomic E-state index is 13.0. The highest BCUT2D eigenvalue weighted by Gasteiger charge is 2.46. The van der Waals surface area contributed by atoms with E-state index in [2.05, 4.69) is 0 Å². The number of aliphatic hydroxyl groups is 1. The van der Waals surface area contributed by atoms with Crippen LogP contribution >= 0.6 is 34.8 Å². The van der Waals surface area contributed by atoms with Crippen LogP contribution in [-0.2, 0) is 9.59 Å². The minimum Gasteiger partial charge on any atom is -0.507 e. The first-order valence-electron chi connectivity index (χ1n) is 9.37. The van der Waals surface area contributed by atoms with Gasteiger partial charge in [-0.05, 0) is 43.9 Å². The number of halogens is 3. The van der Waals surface area contributed by atoms with E-state index in [1.54, 1.807) is 24.3 Å². The zero-order valence-electron chi connectivity index (χ0n) is 17.2. The second-order valence-corrected chi connectivity index (χ2v) is 8.60. The van der Waals surface area contributed by atoms with Crippen LogP contribution in [0.3, 0.4) is 0 Å². The molecular formula is C22H21Cl3N2O4. The van der Waals surface area contributed by atoms with Gasteiger partial charge >= 0.3 is 0 Å². The van der Waals surface area contributed by atoms with Gasteiger partial charge in [-0.2, -0.15) is 0 Å². The molecule has 0 aliphatic carbocycles. The first kappa shape index (κ1) is 23.4. The number of likely N-dealkylation sites (N-methyl/N-ethyl adjacent to an activating group) is 1. The molecule has 31 heavy (non-hydrogen) atoms. The Morgan fingerprint density at radius 2 is 1.74 bits per heavy atom. The Morgan fingerprint density at radius 1 is 1.10 bits per heavy atom. The van der Waals surface area contributed by atoms with Gasteiger partial charge in [0.25, 0.3) is 11.7 Å². The monoisotopic (exact) mass is 482 g/mol. The van der Waals surface area contributed by atoms with Gasteiger partial charge in [-0.1, -0.05) is 46.9 Å². The zero-order valence-corrected chi connectivity index (χ0v) is 19.4. The van der Waals surface area contributed by atoms with Crippen molar-refractivity contribution in [1.29, 1.82) is 0 Å². The van der Waals surface area contributed by atoms with E-state index < -0.39 is 23.5 Å². The molecule has 6 nitrogen and oxygen atoms in total. The first-order chi connectivity index (χ1) is 14.6. The summed E-state index contributed by atoms with van der Waals surface area (Å²) in [5.41, 5.74) is 0.697. The molecule has 1 aliphatic heterocycles. The van der Waals surface area contributed by atoms with Gasteiger partial charge in [0, 0.05) is 23.1 Å². The van der Waals surface area contributed by atoms with Crippen LogP contribution in [0.5, 0.6) is 5.75 Å². The SMILES string of the molecule is COc1c(Cl)cc(Cl)cc1/C(O)=C1\C(=O)C(=O)N(CCN(C)C)C1c1ccc(Cl)cc1. The van der Waals surface area contributed by atoms with Crippen LogP contribution in [0.1, 0.15) is 17.2 Å². The number of carbonyl (C=O) groups is 2. The molecule has 2 aromatic rings. The summed E-state index contributed by atoms with van der Waals surface area (Å²) < 4.78 is 5.32. The van der Waals surface area contributed by atoms with E-state index >= 15 is 0 Å². The molecule has 1 heterocycles. The van der Waals surface area contributed by atoms with Gasteiger partial charge in [0.15, 0.2) is 0 Å². The predicted octanol–water partition coefficient (Wildman–Crippen LogP) is 4.64. The third-order valence-corrected chi connectivity index (χ3v) is 5.73. The summed E-state index contributed by atoms with van der Waals surface area (Å²) >= 11 is 18.4. The fourth-order valence-electron chi connectivity index (χ4n) is 3.50. The van der Waals surface area contributed by atoms with E-state index in [-0.39, 0.29) is 33.5 Å². The third-order valence-electron chi connectivity index (χ3n) is 4.98. The number of rotatable bonds is 6. The van der Waals surface area contributed by atoms with Crippen LogP contribution in [0.15, 0.2) is 42.0 Å². The molecule has 164 valence electrons. The normalized spacial score (nSPS) is 18.2. The molecule has 9 heteroatoms. The lowest BCUT2D eigenvalue weighted by Gasteiger charge is -2.26. The van der Waals surface area contributed by atoms with Crippen LogP contribution < -0.4 is 4.74 Å². The van der Waals surface area contributed by atoms with Crippen molar-refractivity contribution in [2.75, 3.05) is 34.3 Å². The van der Waals surface area contributed by atoms with E-state index in [1.165, 1.54) is 24.1 Å². The molecule has 1 N–H and O–H groups in total. The van der Waals surface area contributed by atoms with Gasteiger partial charge in [0.1, 0.15) is 11.5 Å². The average Bonchev–Trinajstić information content (AvgIpc) is 2.96. The van der Waals surface area contributed by atoms with E-state index in [1.807, 2.05) is 19.0 Å². The average molecular weight is 484 g/mol. The Balaban J connectivity index is 2.23. The molecule has 3 rings (SSSR count). The van der Waals surface area contributed by atoms with Crippen molar-refractivity contribution in [3.8, 4) is 5.75 Å². The number of methoxy groups -OCH3 is 1. The zero-order chi connectivity index (χ0) is 22.9. The van der Waals surface area contributed by atoms with Crippen molar-refractivity contribution >= 4 is 52.3 Å². The highest BCUT2D eigenvalue weighted by Crippen LogP contribution is 2.43. The van der Waals surface area contributed by atoms with Crippen LogP contribution in [0.25, 0.3) is 5.76 Å².